The monoisotopic (exact) mass is 298 g/mol. The van der Waals surface area contributed by atoms with Crippen molar-refractivity contribution in [2.75, 3.05) is 6.61 Å². The molecule has 0 saturated carbocycles. The molecule has 5 heteroatoms. The molecule has 3 rings (SSSR count). The summed E-state index contributed by atoms with van der Waals surface area (Å²) in [4.78, 5) is 8.99. The zero-order valence-electron chi connectivity index (χ0n) is 13.3. The predicted octanol–water partition coefficient (Wildman–Crippen LogP) is 3.03. The van der Waals surface area contributed by atoms with Crippen LogP contribution in [-0.4, -0.2) is 27.4 Å². The molecule has 0 bridgehead atoms. The number of hydrogen-bond donors (Lipinski definition) is 1. The van der Waals surface area contributed by atoms with Gasteiger partial charge in [-0.2, -0.15) is 0 Å². The van der Waals surface area contributed by atoms with E-state index in [9.17, 15) is 0 Å². The minimum absolute atomic E-state index is 0.117. The number of rotatable bonds is 5. The minimum atomic E-state index is -0.236. The van der Waals surface area contributed by atoms with Crippen molar-refractivity contribution in [3.8, 4) is 0 Å². The van der Waals surface area contributed by atoms with Crippen molar-refractivity contribution in [3.05, 3.63) is 36.8 Å². The Bertz CT molecular complexity index is 792. The van der Waals surface area contributed by atoms with Gasteiger partial charge >= 0.3 is 0 Å². The van der Waals surface area contributed by atoms with Crippen molar-refractivity contribution < 1.29 is 4.74 Å². The van der Waals surface area contributed by atoms with E-state index in [1.165, 1.54) is 0 Å². The Hall–Kier alpha value is -1.98. The summed E-state index contributed by atoms with van der Waals surface area (Å²) in [5, 5.41) is 1.12. The summed E-state index contributed by atoms with van der Waals surface area (Å²) < 4.78 is 7.73. The molecule has 1 atom stereocenters. The van der Waals surface area contributed by atoms with Gasteiger partial charge in [0.15, 0.2) is 0 Å². The van der Waals surface area contributed by atoms with Crippen LogP contribution in [0.4, 0.5) is 0 Å². The maximum Gasteiger partial charge on any atom is 0.107 e. The molecule has 0 spiro atoms. The van der Waals surface area contributed by atoms with Crippen molar-refractivity contribution in [1.29, 1.82) is 0 Å². The average Bonchev–Trinajstić information content (AvgIpc) is 2.92. The van der Waals surface area contributed by atoms with Gasteiger partial charge in [-0.05, 0) is 33.3 Å². The fourth-order valence-corrected chi connectivity index (χ4v) is 2.72. The SMILES string of the molecule is CC(N)OCCC(C)(C)n1cnc2cnc3ccccc3c21. The Morgan fingerprint density at radius 1 is 1.23 bits per heavy atom. The number of para-hydroxylation sites is 1. The van der Waals surface area contributed by atoms with Crippen LogP contribution in [-0.2, 0) is 10.3 Å². The van der Waals surface area contributed by atoms with Gasteiger partial charge in [-0.1, -0.05) is 18.2 Å². The lowest BCUT2D eigenvalue weighted by molar-refractivity contribution is 0.0526. The summed E-state index contributed by atoms with van der Waals surface area (Å²) in [5.41, 5.74) is 8.56. The zero-order valence-corrected chi connectivity index (χ0v) is 13.3. The smallest absolute Gasteiger partial charge is 0.107 e. The van der Waals surface area contributed by atoms with Gasteiger partial charge in [0.25, 0.3) is 0 Å². The number of ether oxygens (including phenoxy) is 1. The Morgan fingerprint density at radius 2 is 2.00 bits per heavy atom. The summed E-state index contributed by atoms with van der Waals surface area (Å²) in [6.45, 7) is 6.84. The van der Waals surface area contributed by atoms with Gasteiger partial charge in [0.05, 0.1) is 30.2 Å². The van der Waals surface area contributed by atoms with Crippen molar-refractivity contribution in [1.82, 2.24) is 14.5 Å². The molecule has 0 aliphatic rings. The molecule has 0 aliphatic carbocycles. The first kappa shape index (κ1) is 14.9. The summed E-state index contributed by atoms with van der Waals surface area (Å²) in [7, 11) is 0. The van der Waals surface area contributed by atoms with Gasteiger partial charge in [0, 0.05) is 10.9 Å². The van der Waals surface area contributed by atoms with Crippen LogP contribution < -0.4 is 5.73 Å². The Balaban J connectivity index is 2.04. The van der Waals surface area contributed by atoms with Crippen molar-refractivity contribution in [2.45, 2.75) is 39.0 Å². The summed E-state index contributed by atoms with van der Waals surface area (Å²) in [5.74, 6) is 0. The predicted molar refractivity (Wildman–Crippen MR) is 88.6 cm³/mol. The van der Waals surface area contributed by atoms with Crippen molar-refractivity contribution in [3.63, 3.8) is 0 Å². The molecule has 0 fully saturated rings. The normalized spacial score (nSPS) is 13.8. The maximum atomic E-state index is 5.66. The Kier molecular flexibility index (Phi) is 3.85. The van der Waals surface area contributed by atoms with E-state index in [1.54, 1.807) is 0 Å². The molecule has 1 unspecified atom stereocenters. The molecule has 22 heavy (non-hydrogen) atoms. The highest BCUT2D eigenvalue weighted by Crippen LogP contribution is 2.29. The molecule has 0 aliphatic heterocycles. The average molecular weight is 298 g/mol. The first-order valence-corrected chi connectivity index (χ1v) is 7.57. The summed E-state index contributed by atoms with van der Waals surface area (Å²) in [6, 6.07) is 8.16. The lowest BCUT2D eigenvalue weighted by Gasteiger charge is -2.28. The van der Waals surface area contributed by atoms with Crippen LogP contribution in [0.5, 0.6) is 0 Å². The topological polar surface area (TPSA) is 66.0 Å². The molecule has 2 aromatic heterocycles. The number of pyridine rings is 1. The number of fused-ring (bicyclic) bond motifs is 3. The molecule has 3 aromatic rings. The van der Waals surface area contributed by atoms with Gasteiger partial charge in [-0.25, -0.2) is 4.98 Å². The van der Waals surface area contributed by atoms with Crippen LogP contribution in [0.15, 0.2) is 36.8 Å². The second kappa shape index (κ2) is 5.66. The molecular weight excluding hydrogens is 276 g/mol. The highest BCUT2D eigenvalue weighted by molar-refractivity contribution is 6.02. The van der Waals surface area contributed by atoms with E-state index in [0.717, 1.165) is 28.4 Å². The first-order valence-electron chi connectivity index (χ1n) is 7.57. The first-order chi connectivity index (χ1) is 10.5. The molecular formula is C17H22N4O. The lowest BCUT2D eigenvalue weighted by atomic mass is 10.00. The van der Waals surface area contributed by atoms with Crippen LogP contribution in [0.1, 0.15) is 27.2 Å². The molecule has 2 N–H and O–H groups in total. The van der Waals surface area contributed by atoms with Crippen LogP contribution >= 0.6 is 0 Å². The number of nitrogens with zero attached hydrogens (tertiary/aromatic N) is 3. The van der Waals surface area contributed by atoms with Crippen LogP contribution in [0, 0.1) is 0 Å². The number of aromatic nitrogens is 3. The van der Waals surface area contributed by atoms with Crippen molar-refractivity contribution >= 4 is 21.9 Å². The number of imidazole rings is 1. The molecule has 5 nitrogen and oxygen atoms in total. The van der Waals surface area contributed by atoms with E-state index in [-0.39, 0.29) is 11.8 Å². The van der Waals surface area contributed by atoms with Gasteiger partial charge in [-0.15, -0.1) is 0 Å². The second-order valence-electron chi connectivity index (χ2n) is 6.26. The molecule has 0 radical (unpaired) electrons. The van der Waals surface area contributed by atoms with E-state index in [4.69, 9.17) is 10.5 Å². The Morgan fingerprint density at radius 3 is 2.77 bits per heavy atom. The lowest BCUT2D eigenvalue weighted by Crippen LogP contribution is -2.29. The third kappa shape index (κ3) is 2.69. The van der Waals surface area contributed by atoms with Gasteiger partial charge in [-0.3, -0.25) is 4.98 Å². The van der Waals surface area contributed by atoms with E-state index in [2.05, 4.69) is 34.4 Å². The fraction of sp³-hybridized carbons (Fsp3) is 0.412. The number of nitrogens with two attached hydrogens (primary N) is 1. The fourth-order valence-electron chi connectivity index (χ4n) is 2.72. The standard InChI is InChI=1S/C17H22N4O/c1-12(18)22-9-8-17(2,3)21-11-20-15-10-19-14-7-5-4-6-13(14)16(15)21/h4-7,10-12H,8-9,18H2,1-3H3. The number of hydrogen-bond acceptors (Lipinski definition) is 4. The molecule has 0 saturated heterocycles. The van der Waals surface area contributed by atoms with Crippen LogP contribution in [0.2, 0.25) is 0 Å². The Labute approximate surface area is 130 Å². The maximum absolute atomic E-state index is 5.66. The van der Waals surface area contributed by atoms with Crippen LogP contribution in [0.3, 0.4) is 0 Å². The minimum Gasteiger partial charge on any atom is -0.364 e. The highest BCUT2D eigenvalue weighted by Gasteiger charge is 2.23. The second-order valence-corrected chi connectivity index (χ2v) is 6.26. The zero-order chi connectivity index (χ0) is 15.7. The molecule has 2 heterocycles. The van der Waals surface area contributed by atoms with Gasteiger partial charge in [0.2, 0.25) is 0 Å². The molecule has 0 amide bonds. The third-order valence-electron chi connectivity index (χ3n) is 4.03. The van der Waals surface area contributed by atoms with Gasteiger partial charge < -0.3 is 15.0 Å². The summed E-state index contributed by atoms with van der Waals surface area (Å²) in [6.07, 6.45) is 4.35. The quantitative estimate of drug-likeness (QED) is 0.735. The summed E-state index contributed by atoms with van der Waals surface area (Å²) >= 11 is 0. The van der Waals surface area contributed by atoms with E-state index < -0.39 is 0 Å². The van der Waals surface area contributed by atoms with Crippen LogP contribution in [0.25, 0.3) is 21.9 Å². The largest absolute Gasteiger partial charge is 0.364 e. The highest BCUT2D eigenvalue weighted by atomic mass is 16.5. The third-order valence-corrected chi connectivity index (χ3v) is 4.03. The van der Waals surface area contributed by atoms with E-state index in [0.29, 0.717) is 6.61 Å². The molecule has 116 valence electrons. The van der Waals surface area contributed by atoms with Crippen molar-refractivity contribution in [2.24, 2.45) is 5.73 Å². The number of benzene rings is 1. The van der Waals surface area contributed by atoms with E-state index in [1.807, 2.05) is 37.6 Å². The van der Waals surface area contributed by atoms with E-state index >= 15 is 0 Å². The van der Waals surface area contributed by atoms with Gasteiger partial charge in [0.1, 0.15) is 11.7 Å². The molecule has 1 aromatic carbocycles.